The van der Waals surface area contributed by atoms with Gasteiger partial charge in [-0.1, -0.05) is 0 Å². The Bertz CT molecular complexity index is 562. The van der Waals surface area contributed by atoms with E-state index in [1.54, 1.807) is 0 Å². The fraction of sp³-hybridized carbons (Fsp3) is 0.417. The Morgan fingerprint density at radius 2 is 1.90 bits per heavy atom. The summed E-state index contributed by atoms with van der Waals surface area (Å²) in [6.45, 7) is 1.64. The zero-order valence-electron chi connectivity index (χ0n) is 10.8. The van der Waals surface area contributed by atoms with Gasteiger partial charge in [-0.3, -0.25) is 4.72 Å². The number of aromatic carboxylic acids is 1. The molecule has 0 spiro atoms. The number of anilines is 1. The highest BCUT2D eigenvalue weighted by Crippen LogP contribution is 2.14. The first-order valence-corrected chi connectivity index (χ1v) is 7.62. The van der Waals surface area contributed by atoms with Gasteiger partial charge in [-0.2, -0.15) is 12.7 Å². The topological polar surface area (TPSA) is 95.9 Å². The Morgan fingerprint density at radius 3 is 2.55 bits per heavy atom. The van der Waals surface area contributed by atoms with Gasteiger partial charge in [0.15, 0.2) is 0 Å². The van der Waals surface area contributed by atoms with Crippen molar-refractivity contribution in [2.24, 2.45) is 0 Å². The summed E-state index contributed by atoms with van der Waals surface area (Å²) in [5, 5.41) is 8.78. The van der Waals surface area contributed by atoms with E-state index < -0.39 is 16.2 Å². The van der Waals surface area contributed by atoms with Gasteiger partial charge in [0.05, 0.1) is 12.2 Å². The van der Waals surface area contributed by atoms with Crippen molar-refractivity contribution >= 4 is 21.9 Å². The van der Waals surface area contributed by atoms with Crippen LogP contribution in [-0.2, 0) is 14.9 Å². The van der Waals surface area contributed by atoms with Crippen molar-refractivity contribution in [3.05, 3.63) is 29.8 Å². The molecule has 0 saturated carbocycles. The highest BCUT2D eigenvalue weighted by Gasteiger charge is 2.23. The number of benzene rings is 1. The number of hydrogen-bond acceptors (Lipinski definition) is 4. The zero-order valence-corrected chi connectivity index (χ0v) is 11.6. The summed E-state index contributed by atoms with van der Waals surface area (Å²) in [5.74, 6) is -1.05. The number of carboxylic acids is 1. The number of ether oxygens (including phenoxy) is 1. The fourth-order valence-electron chi connectivity index (χ4n) is 1.86. The van der Waals surface area contributed by atoms with Crippen molar-refractivity contribution in [2.45, 2.75) is 6.42 Å². The van der Waals surface area contributed by atoms with Crippen LogP contribution in [0.25, 0.3) is 0 Å². The molecule has 0 atom stereocenters. The summed E-state index contributed by atoms with van der Waals surface area (Å²) < 4.78 is 33.3. The van der Waals surface area contributed by atoms with Crippen LogP contribution in [0, 0.1) is 0 Å². The quantitative estimate of drug-likeness (QED) is 0.856. The van der Waals surface area contributed by atoms with E-state index in [0.29, 0.717) is 38.4 Å². The van der Waals surface area contributed by atoms with Gasteiger partial charge in [0.25, 0.3) is 0 Å². The standard InChI is InChI=1S/C12H16N2O5S/c15-12(16)10-2-4-11(5-3-10)13-20(17,18)14-6-1-8-19-9-7-14/h2-5,13H,1,6-9H2,(H,15,16). The normalized spacial score (nSPS) is 17.4. The number of nitrogens with one attached hydrogen (secondary N) is 1. The number of nitrogens with zero attached hydrogens (tertiary/aromatic N) is 1. The Morgan fingerprint density at radius 1 is 1.20 bits per heavy atom. The molecule has 0 aliphatic carbocycles. The third-order valence-corrected chi connectivity index (χ3v) is 4.44. The molecule has 2 N–H and O–H groups in total. The average molecular weight is 300 g/mol. The van der Waals surface area contributed by atoms with Gasteiger partial charge in [0, 0.05) is 25.4 Å². The van der Waals surface area contributed by atoms with Crippen molar-refractivity contribution in [3.8, 4) is 0 Å². The molecule has 1 aromatic rings. The molecule has 1 aliphatic heterocycles. The van der Waals surface area contributed by atoms with E-state index in [1.165, 1.54) is 28.6 Å². The molecule has 20 heavy (non-hydrogen) atoms. The maximum atomic E-state index is 12.2. The lowest BCUT2D eigenvalue weighted by Gasteiger charge is -2.20. The maximum absolute atomic E-state index is 12.2. The van der Waals surface area contributed by atoms with Gasteiger partial charge >= 0.3 is 16.2 Å². The molecule has 7 nitrogen and oxygen atoms in total. The van der Waals surface area contributed by atoms with Crippen LogP contribution in [0.15, 0.2) is 24.3 Å². The largest absolute Gasteiger partial charge is 0.478 e. The molecule has 8 heteroatoms. The number of carboxylic acid groups (broad SMARTS) is 1. The molecule has 110 valence electrons. The van der Waals surface area contributed by atoms with Crippen LogP contribution in [0.3, 0.4) is 0 Å². The second-order valence-electron chi connectivity index (χ2n) is 4.35. The van der Waals surface area contributed by atoms with Crippen LogP contribution in [0.2, 0.25) is 0 Å². The van der Waals surface area contributed by atoms with Crippen LogP contribution in [0.4, 0.5) is 5.69 Å². The number of rotatable bonds is 4. The lowest BCUT2D eigenvalue weighted by molar-refractivity contribution is 0.0697. The summed E-state index contributed by atoms with van der Waals surface area (Å²) in [5.41, 5.74) is 0.441. The average Bonchev–Trinajstić information content (AvgIpc) is 2.68. The molecule has 0 amide bonds. The Balaban J connectivity index is 2.08. The van der Waals surface area contributed by atoms with Crippen LogP contribution < -0.4 is 4.72 Å². The Labute approximate surface area is 117 Å². The second kappa shape index (κ2) is 6.21. The number of carbonyl (C=O) groups is 1. The van der Waals surface area contributed by atoms with E-state index in [0.717, 1.165) is 0 Å². The first kappa shape index (κ1) is 14.8. The smallest absolute Gasteiger partial charge is 0.335 e. The maximum Gasteiger partial charge on any atom is 0.335 e. The van der Waals surface area contributed by atoms with E-state index in [2.05, 4.69) is 4.72 Å². The molecule has 2 rings (SSSR count). The van der Waals surface area contributed by atoms with Crippen molar-refractivity contribution in [1.82, 2.24) is 4.31 Å². The van der Waals surface area contributed by atoms with Gasteiger partial charge in [-0.25, -0.2) is 4.79 Å². The predicted molar refractivity (Wildman–Crippen MR) is 73.0 cm³/mol. The Kier molecular flexibility index (Phi) is 4.58. The molecular weight excluding hydrogens is 284 g/mol. The van der Waals surface area contributed by atoms with Gasteiger partial charge in [-0.05, 0) is 30.7 Å². The van der Waals surface area contributed by atoms with E-state index in [1.807, 2.05) is 0 Å². The summed E-state index contributed by atoms with van der Waals surface area (Å²) in [7, 11) is -3.64. The monoisotopic (exact) mass is 300 g/mol. The lowest BCUT2D eigenvalue weighted by atomic mass is 10.2. The first-order chi connectivity index (χ1) is 9.49. The minimum absolute atomic E-state index is 0.108. The van der Waals surface area contributed by atoms with Gasteiger partial charge in [0.1, 0.15) is 0 Å². The third kappa shape index (κ3) is 3.69. The molecule has 0 aromatic heterocycles. The molecule has 1 fully saturated rings. The van der Waals surface area contributed by atoms with Gasteiger partial charge in [0.2, 0.25) is 0 Å². The van der Waals surface area contributed by atoms with Crippen LogP contribution in [-0.4, -0.2) is 50.1 Å². The molecule has 1 heterocycles. The second-order valence-corrected chi connectivity index (χ2v) is 6.03. The Hall–Kier alpha value is -1.64. The predicted octanol–water partition coefficient (Wildman–Crippen LogP) is 0.764. The van der Waals surface area contributed by atoms with Crippen molar-refractivity contribution in [2.75, 3.05) is 31.0 Å². The molecular formula is C12H16N2O5S. The van der Waals surface area contributed by atoms with Crippen LogP contribution in [0.1, 0.15) is 16.8 Å². The molecule has 1 saturated heterocycles. The summed E-state index contributed by atoms with van der Waals surface area (Å²) in [6.07, 6.45) is 0.652. The van der Waals surface area contributed by atoms with Crippen molar-refractivity contribution in [3.63, 3.8) is 0 Å². The van der Waals surface area contributed by atoms with Crippen LogP contribution >= 0.6 is 0 Å². The first-order valence-electron chi connectivity index (χ1n) is 6.18. The SMILES string of the molecule is O=C(O)c1ccc(NS(=O)(=O)N2CCCOCC2)cc1. The third-order valence-electron chi connectivity index (χ3n) is 2.90. The van der Waals surface area contributed by atoms with Gasteiger partial charge < -0.3 is 9.84 Å². The van der Waals surface area contributed by atoms with E-state index in [4.69, 9.17) is 9.84 Å². The number of hydrogen-bond donors (Lipinski definition) is 2. The van der Waals surface area contributed by atoms with E-state index in [9.17, 15) is 13.2 Å². The molecule has 0 bridgehead atoms. The fourth-order valence-corrected chi connectivity index (χ4v) is 3.11. The summed E-state index contributed by atoms with van der Waals surface area (Å²) >= 11 is 0. The van der Waals surface area contributed by atoms with Gasteiger partial charge in [-0.15, -0.1) is 0 Å². The van der Waals surface area contributed by atoms with Crippen LogP contribution in [0.5, 0.6) is 0 Å². The summed E-state index contributed by atoms with van der Waals surface area (Å²) in [6, 6.07) is 5.56. The van der Waals surface area contributed by atoms with Crippen molar-refractivity contribution < 1.29 is 23.1 Å². The van der Waals surface area contributed by atoms with E-state index >= 15 is 0 Å². The lowest BCUT2D eigenvalue weighted by Crippen LogP contribution is -2.37. The van der Waals surface area contributed by atoms with Crippen molar-refractivity contribution in [1.29, 1.82) is 0 Å². The highest BCUT2D eigenvalue weighted by atomic mass is 32.2. The van der Waals surface area contributed by atoms with E-state index in [-0.39, 0.29) is 5.56 Å². The minimum atomic E-state index is -3.64. The molecule has 0 radical (unpaired) electrons. The summed E-state index contributed by atoms with van der Waals surface area (Å²) in [4.78, 5) is 10.7. The minimum Gasteiger partial charge on any atom is -0.478 e. The molecule has 1 aromatic carbocycles. The highest BCUT2D eigenvalue weighted by molar-refractivity contribution is 7.90. The zero-order chi connectivity index (χ0) is 14.6. The molecule has 0 unspecified atom stereocenters. The molecule has 1 aliphatic rings.